The van der Waals surface area contributed by atoms with E-state index in [1.807, 2.05) is 39.0 Å². The Hall–Kier alpha value is -1.13. The maximum absolute atomic E-state index is 13.7. The predicted molar refractivity (Wildman–Crippen MR) is 70.8 cm³/mol. The molecule has 0 heterocycles. The van der Waals surface area contributed by atoms with Crippen molar-refractivity contribution >= 4 is 5.69 Å². The molecule has 0 amide bonds. The molecule has 0 aliphatic carbocycles. The van der Waals surface area contributed by atoms with E-state index in [4.69, 9.17) is 5.73 Å². The van der Waals surface area contributed by atoms with Gasteiger partial charge in [0.05, 0.1) is 0 Å². The summed E-state index contributed by atoms with van der Waals surface area (Å²) in [6.45, 7) is 3.57. The number of likely N-dealkylation sites (N-methyl/N-ethyl adjacent to an activating group) is 2. The number of nitrogens with zero attached hydrogens (tertiary/aromatic N) is 2. The Labute approximate surface area is 103 Å². The fourth-order valence-corrected chi connectivity index (χ4v) is 1.78. The molecule has 96 valence electrons. The lowest BCUT2D eigenvalue weighted by atomic mass is 10.1. The van der Waals surface area contributed by atoms with E-state index in [0.29, 0.717) is 5.56 Å². The van der Waals surface area contributed by atoms with Crippen LogP contribution in [-0.2, 0) is 0 Å². The van der Waals surface area contributed by atoms with Crippen LogP contribution >= 0.6 is 0 Å². The van der Waals surface area contributed by atoms with Crippen LogP contribution in [0.3, 0.4) is 0 Å². The molecule has 0 spiro atoms. The second-order valence-corrected chi connectivity index (χ2v) is 4.69. The minimum absolute atomic E-state index is 0.228. The maximum Gasteiger partial charge on any atom is 0.130 e. The molecule has 17 heavy (non-hydrogen) atoms. The number of hydrogen-bond donors (Lipinski definition) is 1. The molecule has 4 heteroatoms. The lowest BCUT2D eigenvalue weighted by Gasteiger charge is -2.25. The van der Waals surface area contributed by atoms with Gasteiger partial charge >= 0.3 is 0 Å². The van der Waals surface area contributed by atoms with Crippen LogP contribution in [0.15, 0.2) is 18.2 Å². The highest BCUT2D eigenvalue weighted by atomic mass is 19.1. The molecule has 3 nitrogen and oxygen atoms in total. The molecule has 1 aromatic carbocycles. The van der Waals surface area contributed by atoms with Crippen molar-refractivity contribution in [1.82, 2.24) is 4.90 Å². The highest BCUT2D eigenvalue weighted by Gasteiger charge is 2.15. The van der Waals surface area contributed by atoms with E-state index >= 15 is 0 Å². The van der Waals surface area contributed by atoms with Crippen molar-refractivity contribution in [2.45, 2.75) is 13.0 Å². The Balaban J connectivity index is 2.92. The smallest absolute Gasteiger partial charge is 0.130 e. The zero-order valence-electron chi connectivity index (χ0n) is 11.1. The molecule has 0 radical (unpaired) electrons. The minimum atomic E-state index is -0.298. The highest BCUT2D eigenvalue weighted by molar-refractivity contribution is 5.54. The van der Waals surface area contributed by atoms with E-state index in [1.54, 1.807) is 6.07 Å². The largest absolute Gasteiger partial charge is 0.373 e. The van der Waals surface area contributed by atoms with Crippen molar-refractivity contribution in [1.29, 1.82) is 0 Å². The van der Waals surface area contributed by atoms with Gasteiger partial charge in [-0.3, -0.25) is 0 Å². The van der Waals surface area contributed by atoms with Gasteiger partial charge in [0.2, 0.25) is 0 Å². The molecule has 1 rings (SSSR count). The maximum atomic E-state index is 13.7. The van der Waals surface area contributed by atoms with Crippen LogP contribution in [0.2, 0.25) is 0 Å². The summed E-state index contributed by atoms with van der Waals surface area (Å²) in [4.78, 5) is 4.14. The molecular weight excluding hydrogens is 217 g/mol. The van der Waals surface area contributed by atoms with E-state index in [-0.39, 0.29) is 11.9 Å². The van der Waals surface area contributed by atoms with Crippen molar-refractivity contribution in [3.05, 3.63) is 29.6 Å². The standard InChI is InChI=1S/C13H22FN3/c1-10(15)13-11(14)6-5-7-12(13)17(4)9-8-16(2)3/h5-7,10H,8-9,15H2,1-4H3/t10-/m0/s1. The third-order valence-corrected chi connectivity index (χ3v) is 2.78. The first kappa shape index (κ1) is 13.9. The molecule has 0 saturated carbocycles. The molecule has 0 aliphatic heterocycles. The zero-order valence-corrected chi connectivity index (χ0v) is 11.1. The summed E-state index contributed by atoms with van der Waals surface area (Å²) in [6, 6.07) is 4.80. The molecule has 0 aromatic heterocycles. The molecule has 0 aliphatic rings. The third-order valence-electron chi connectivity index (χ3n) is 2.78. The minimum Gasteiger partial charge on any atom is -0.373 e. The third kappa shape index (κ3) is 3.68. The van der Waals surface area contributed by atoms with Crippen LogP contribution in [0.4, 0.5) is 10.1 Å². The van der Waals surface area contributed by atoms with Crippen LogP contribution in [0.1, 0.15) is 18.5 Å². The SMILES string of the molecule is C[C@H](N)c1c(F)cccc1N(C)CCN(C)C. The van der Waals surface area contributed by atoms with Crippen LogP contribution in [0.25, 0.3) is 0 Å². The monoisotopic (exact) mass is 239 g/mol. The molecular formula is C13H22FN3. The molecule has 1 atom stereocenters. The Morgan fingerprint density at radius 1 is 1.24 bits per heavy atom. The summed E-state index contributed by atoms with van der Waals surface area (Å²) in [5.74, 6) is -0.228. The lowest BCUT2D eigenvalue weighted by Crippen LogP contribution is -2.30. The van der Waals surface area contributed by atoms with Crippen molar-refractivity contribution in [2.24, 2.45) is 5.73 Å². The number of anilines is 1. The summed E-state index contributed by atoms with van der Waals surface area (Å²) < 4.78 is 13.7. The average Bonchev–Trinajstić information content (AvgIpc) is 2.24. The van der Waals surface area contributed by atoms with Gasteiger partial charge in [-0.1, -0.05) is 6.07 Å². The number of rotatable bonds is 5. The highest BCUT2D eigenvalue weighted by Crippen LogP contribution is 2.26. The molecule has 0 fully saturated rings. The van der Waals surface area contributed by atoms with Gasteiger partial charge in [-0.25, -0.2) is 4.39 Å². The molecule has 0 bridgehead atoms. The molecule has 0 unspecified atom stereocenters. The fraction of sp³-hybridized carbons (Fsp3) is 0.538. The topological polar surface area (TPSA) is 32.5 Å². The summed E-state index contributed by atoms with van der Waals surface area (Å²) in [6.07, 6.45) is 0. The van der Waals surface area contributed by atoms with E-state index in [0.717, 1.165) is 18.8 Å². The Bertz CT molecular complexity index is 364. The summed E-state index contributed by atoms with van der Waals surface area (Å²) >= 11 is 0. The number of hydrogen-bond acceptors (Lipinski definition) is 3. The normalized spacial score (nSPS) is 12.9. The van der Waals surface area contributed by atoms with Gasteiger partial charge in [0.15, 0.2) is 0 Å². The number of halogens is 1. The molecule has 0 saturated heterocycles. The first-order chi connectivity index (χ1) is 7.93. The average molecular weight is 239 g/mol. The van der Waals surface area contributed by atoms with Gasteiger partial charge in [0.1, 0.15) is 5.82 Å². The van der Waals surface area contributed by atoms with Crippen LogP contribution in [0.5, 0.6) is 0 Å². The lowest BCUT2D eigenvalue weighted by molar-refractivity contribution is 0.416. The van der Waals surface area contributed by atoms with E-state index in [2.05, 4.69) is 4.90 Å². The van der Waals surface area contributed by atoms with Crippen LogP contribution < -0.4 is 10.6 Å². The van der Waals surface area contributed by atoms with Crippen molar-refractivity contribution in [2.75, 3.05) is 39.1 Å². The van der Waals surface area contributed by atoms with Gasteiger partial charge in [-0.05, 0) is 33.2 Å². The summed E-state index contributed by atoms with van der Waals surface area (Å²) in [7, 11) is 6.00. The first-order valence-electron chi connectivity index (χ1n) is 5.83. The van der Waals surface area contributed by atoms with Crippen molar-refractivity contribution in [3.8, 4) is 0 Å². The Morgan fingerprint density at radius 3 is 2.41 bits per heavy atom. The van der Waals surface area contributed by atoms with Crippen LogP contribution in [-0.4, -0.2) is 39.1 Å². The van der Waals surface area contributed by atoms with Crippen LogP contribution in [0, 0.1) is 5.82 Å². The van der Waals surface area contributed by atoms with E-state index < -0.39 is 0 Å². The summed E-state index contributed by atoms with van der Waals surface area (Å²) in [5, 5.41) is 0. The zero-order chi connectivity index (χ0) is 13.0. The van der Waals surface area contributed by atoms with Crippen molar-refractivity contribution < 1.29 is 4.39 Å². The van der Waals surface area contributed by atoms with Gasteiger partial charge < -0.3 is 15.5 Å². The van der Waals surface area contributed by atoms with Gasteiger partial charge in [0, 0.05) is 37.4 Å². The van der Waals surface area contributed by atoms with Crippen molar-refractivity contribution in [3.63, 3.8) is 0 Å². The summed E-state index contributed by atoms with van der Waals surface area (Å²) in [5.41, 5.74) is 7.30. The fourth-order valence-electron chi connectivity index (χ4n) is 1.78. The molecule has 2 N–H and O–H groups in total. The predicted octanol–water partition coefficient (Wildman–Crippen LogP) is 1.84. The van der Waals surface area contributed by atoms with Gasteiger partial charge in [-0.2, -0.15) is 0 Å². The Morgan fingerprint density at radius 2 is 1.88 bits per heavy atom. The van der Waals surface area contributed by atoms with E-state index in [1.165, 1.54) is 6.07 Å². The van der Waals surface area contributed by atoms with Gasteiger partial charge in [-0.15, -0.1) is 0 Å². The van der Waals surface area contributed by atoms with Gasteiger partial charge in [0.25, 0.3) is 0 Å². The van der Waals surface area contributed by atoms with E-state index in [9.17, 15) is 4.39 Å². The second kappa shape index (κ2) is 5.98. The first-order valence-corrected chi connectivity index (χ1v) is 5.83. The Kier molecular flexibility index (Phi) is 4.90. The number of nitrogens with two attached hydrogens (primary N) is 1. The number of benzene rings is 1. The second-order valence-electron chi connectivity index (χ2n) is 4.69. The molecule has 1 aromatic rings. The quantitative estimate of drug-likeness (QED) is 0.851.